The van der Waals surface area contributed by atoms with Crippen LogP contribution in [0.3, 0.4) is 0 Å². The maximum atomic E-state index is 11.5. The zero-order chi connectivity index (χ0) is 14.7. The average molecular weight is 301 g/mol. The highest BCUT2D eigenvalue weighted by Crippen LogP contribution is 2.31. The van der Waals surface area contributed by atoms with Crippen LogP contribution in [0.1, 0.15) is 17.6 Å². The van der Waals surface area contributed by atoms with Crippen molar-refractivity contribution in [2.75, 3.05) is 6.61 Å². The normalized spacial score (nSPS) is 10.7. The summed E-state index contributed by atoms with van der Waals surface area (Å²) in [7, 11) is 0. The molecule has 0 saturated carbocycles. The van der Waals surface area contributed by atoms with Gasteiger partial charge in [0.05, 0.1) is 12.1 Å². The second-order valence-electron chi connectivity index (χ2n) is 4.02. The van der Waals surface area contributed by atoms with Crippen molar-refractivity contribution < 1.29 is 13.9 Å². The second-order valence-corrected chi connectivity index (χ2v) is 5.02. The van der Waals surface area contributed by atoms with E-state index in [1.807, 2.05) is 30.3 Å². The number of fused-ring (bicyclic) bond motifs is 1. The highest BCUT2D eigenvalue weighted by molar-refractivity contribution is 7.99. The molecule has 0 N–H and O–H groups in total. The molecule has 2 heterocycles. The Kier molecular flexibility index (Phi) is 3.83. The number of pyridine rings is 1. The molecule has 0 fully saturated rings. The van der Waals surface area contributed by atoms with Crippen LogP contribution in [-0.4, -0.2) is 27.8 Å². The highest BCUT2D eigenvalue weighted by Gasteiger charge is 2.17. The molecule has 0 aliphatic rings. The van der Waals surface area contributed by atoms with Gasteiger partial charge in [0.15, 0.2) is 0 Å². The van der Waals surface area contributed by atoms with E-state index in [-0.39, 0.29) is 17.7 Å². The molecule has 21 heavy (non-hydrogen) atoms. The number of hydrogen-bond donors (Lipinski definition) is 0. The van der Waals surface area contributed by atoms with Gasteiger partial charge in [-0.1, -0.05) is 23.3 Å². The summed E-state index contributed by atoms with van der Waals surface area (Å²) in [6, 6.07) is 9.62. The Morgan fingerprint density at radius 1 is 1.29 bits per heavy atom. The fraction of sp³-hybridized carbons (Fsp3) is 0.143. The molecule has 7 heteroatoms. The van der Waals surface area contributed by atoms with Crippen molar-refractivity contribution in [1.29, 1.82) is 0 Å². The summed E-state index contributed by atoms with van der Waals surface area (Å²) < 4.78 is 10.1. The molecule has 6 nitrogen and oxygen atoms in total. The molecule has 1 aromatic carbocycles. The average Bonchev–Trinajstić information content (AvgIpc) is 2.97. The first-order chi connectivity index (χ1) is 10.3. The van der Waals surface area contributed by atoms with Crippen molar-refractivity contribution in [3.63, 3.8) is 0 Å². The standard InChI is InChI=1S/C14H11N3O3S/c1-2-19-13(18)12-16-17-14(20-12)21-11-7-8-15-10-6-4-3-5-9(10)11/h3-8H,2H2,1H3. The van der Waals surface area contributed by atoms with Crippen LogP contribution >= 0.6 is 11.8 Å². The predicted octanol–water partition coefficient (Wildman–Crippen LogP) is 2.95. The molecule has 0 aliphatic heterocycles. The molecular weight excluding hydrogens is 290 g/mol. The number of ether oxygens (including phenoxy) is 1. The summed E-state index contributed by atoms with van der Waals surface area (Å²) in [5.41, 5.74) is 0.882. The summed E-state index contributed by atoms with van der Waals surface area (Å²) >= 11 is 1.29. The molecule has 3 rings (SSSR count). The molecule has 0 aliphatic carbocycles. The summed E-state index contributed by atoms with van der Waals surface area (Å²) in [5.74, 6) is -0.755. The van der Waals surface area contributed by atoms with Gasteiger partial charge in [0.1, 0.15) is 0 Å². The van der Waals surface area contributed by atoms with Gasteiger partial charge in [-0.25, -0.2) is 4.79 Å². The zero-order valence-corrected chi connectivity index (χ0v) is 12.0. The molecule has 2 aromatic heterocycles. The Balaban J connectivity index is 1.87. The second kappa shape index (κ2) is 5.92. The molecule has 106 valence electrons. The van der Waals surface area contributed by atoms with Gasteiger partial charge in [-0.05, 0) is 30.8 Å². The third kappa shape index (κ3) is 2.87. The van der Waals surface area contributed by atoms with Gasteiger partial charge in [0, 0.05) is 16.5 Å². The summed E-state index contributed by atoms with van der Waals surface area (Å²) in [5, 5.41) is 8.80. The number of carbonyl (C=O) groups excluding carboxylic acids is 1. The first-order valence-corrected chi connectivity index (χ1v) is 7.12. The number of nitrogens with zero attached hydrogens (tertiary/aromatic N) is 3. The lowest BCUT2D eigenvalue weighted by molar-refractivity contribution is 0.0475. The quantitative estimate of drug-likeness (QED) is 0.685. The minimum atomic E-state index is -0.614. The summed E-state index contributed by atoms with van der Waals surface area (Å²) in [4.78, 5) is 16.7. The number of benzene rings is 1. The number of rotatable bonds is 4. The van der Waals surface area contributed by atoms with Crippen LogP contribution in [0.25, 0.3) is 10.9 Å². The molecule has 0 saturated heterocycles. The molecule has 0 unspecified atom stereocenters. The number of hydrogen-bond acceptors (Lipinski definition) is 7. The summed E-state index contributed by atoms with van der Waals surface area (Å²) in [6.07, 6.45) is 1.72. The Bertz CT molecular complexity index is 782. The first-order valence-electron chi connectivity index (χ1n) is 6.30. The van der Waals surface area contributed by atoms with E-state index in [4.69, 9.17) is 9.15 Å². The van der Waals surface area contributed by atoms with Crippen LogP contribution in [0.4, 0.5) is 0 Å². The Hall–Kier alpha value is -2.41. The molecule has 0 amide bonds. The van der Waals surface area contributed by atoms with Gasteiger partial charge in [-0.3, -0.25) is 4.98 Å². The largest absolute Gasteiger partial charge is 0.459 e. The van der Waals surface area contributed by atoms with Crippen LogP contribution in [0.15, 0.2) is 51.1 Å². The lowest BCUT2D eigenvalue weighted by atomic mass is 10.2. The van der Waals surface area contributed by atoms with Gasteiger partial charge >= 0.3 is 11.9 Å². The van der Waals surface area contributed by atoms with Crippen molar-refractivity contribution in [3.05, 3.63) is 42.4 Å². The Morgan fingerprint density at radius 3 is 3.00 bits per heavy atom. The third-order valence-corrected chi connectivity index (χ3v) is 3.58. The SMILES string of the molecule is CCOC(=O)c1nnc(Sc2ccnc3ccccc23)o1. The van der Waals surface area contributed by atoms with E-state index in [0.717, 1.165) is 15.8 Å². The van der Waals surface area contributed by atoms with E-state index in [1.165, 1.54) is 11.8 Å². The van der Waals surface area contributed by atoms with E-state index in [2.05, 4.69) is 15.2 Å². The van der Waals surface area contributed by atoms with Crippen molar-refractivity contribution in [3.8, 4) is 0 Å². The maximum Gasteiger partial charge on any atom is 0.396 e. The lowest BCUT2D eigenvalue weighted by Crippen LogP contribution is -2.04. The van der Waals surface area contributed by atoms with Crippen LogP contribution in [0.2, 0.25) is 0 Å². The third-order valence-electron chi connectivity index (χ3n) is 2.66. The fourth-order valence-electron chi connectivity index (χ4n) is 1.78. The van der Waals surface area contributed by atoms with E-state index in [9.17, 15) is 4.79 Å². The number of para-hydroxylation sites is 1. The first kappa shape index (κ1) is 13.6. The van der Waals surface area contributed by atoms with Crippen molar-refractivity contribution in [2.45, 2.75) is 17.0 Å². The van der Waals surface area contributed by atoms with Crippen LogP contribution in [0, 0.1) is 0 Å². The van der Waals surface area contributed by atoms with Gasteiger partial charge < -0.3 is 9.15 Å². The van der Waals surface area contributed by atoms with Gasteiger partial charge in [0.2, 0.25) is 0 Å². The monoisotopic (exact) mass is 301 g/mol. The van der Waals surface area contributed by atoms with Crippen molar-refractivity contribution in [2.24, 2.45) is 0 Å². The fourth-order valence-corrected chi connectivity index (χ4v) is 2.58. The maximum absolute atomic E-state index is 11.5. The van der Waals surface area contributed by atoms with E-state index in [1.54, 1.807) is 13.1 Å². The Morgan fingerprint density at radius 2 is 2.14 bits per heavy atom. The molecule has 0 bridgehead atoms. The molecule has 0 atom stereocenters. The van der Waals surface area contributed by atoms with Crippen LogP contribution in [0.5, 0.6) is 0 Å². The predicted molar refractivity (Wildman–Crippen MR) is 76.1 cm³/mol. The Labute approximate surface area is 124 Å². The van der Waals surface area contributed by atoms with Crippen LogP contribution < -0.4 is 0 Å². The van der Waals surface area contributed by atoms with E-state index >= 15 is 0 Å². The molecule has 0 radical (unpaired) electrons. The zero-order valence-electron chi connectivity index (χ0n) is 11.1. The van der Waals surface area contributed by atoms with Gasteiger partial charge in [-0.2, -0.15) is 0 Å². The van der Waals surface area contributed by atoms with Crippen LogP contribution in [-0.2, 0) is 4.74 Å². The minimum Gasteiger partial charge on any atom is -0.459 e. The summed E-state index contributed by atoms with van der Waals surface area (Å²) in [6.45, 7) is 1.98. The van der Waals surface area contributed by atoms with Gasteiger partial charge in [-0.15, -0.1) is 5.10 Å². The molecular formula is C14H11N3O3S. The van der Waals surface area contributed by atoms with Crippen molar-refractivity contribution in [1.82, 2.24) is 15.2 Å². The number of aromatic nitrogens is 3. The molecule has 3 aromatic rings. The smallest absolute Gasteiger partial charge is 0.396 e. The number of carbonyl (C=O) groups is 1. The lowest BCUT2D eigenvalue weighted by Gasteiger charge is -2.02. The van der Waals surface area contributed by atoms with Gasteiger partial charge in [0.25, 0.3) is 5.22 Å². The van der Waals surface area contributed by atoms with E-state index < -0.39 is 5.97 Å². The topological polar surface area (TPSA) is 78.1 Å². The minimum absolute atomic E-state index is 0.141. The number of esters is 1. The molecule has 0 spiro atoms. The van der Waals surface area contributed by atoms with E-state index in [0.29, 0.717) is 0 Å². The highest BCUT2D eigenvalue weighted by atomic mass is 32.2. The van der Waals surface area contributed by atoms with Crippen molar-refractivity contribution >= 4 is 28.6 Å².